The molecule has 98 valence electrons. The van der Waals surface area contributed by atoms with Crippen LogP contribution in [0.1, 0.15) is 38.6 Å². The summed E-state index contributed by atoms with van der Waals surface area (Å²) in [5.41, 5.74) is 1.76. The molecule has 0 spiro atoms. The van der Waals surface area contributed by atoms with Crippen LogP contribution < -0.4 is 0 Å². The fraction of sp³-hybridized carbons (Fsp3) is 0.769. The molecular weight excluding hydrogens is 216 g/mol. The Morgan fingerprint density at radius 3 is 2.29 bits per heavy atom. The summed E-state index contributed by atoms with van der Waals surface area (Å²) in [4.78, 5) is 0. The zero-order valence-corrected chi connectivity index (χ0v) is 11.1. The van der Waals surface area contributed by atoms with Gasteiger partial charge in [-0.1, -0.05) is 13.8 Å². The molecule has 0 unspecified atom stereocenters. The number of aromatic nitrogens is 2. The first kappa shape index (κ1) is 14.2. The number of nitrogens with zero attached hydrogens (tertiary/aromatic N) is 2. The molecule has 0 fully saturated rings. The van der Waals surface area contributed by atoms with Crippen LogP contribution in [-0.4, -0.2) is 33.2 Å². The lowest BCUT2D eigenvalue weighted by Crippen LogP contribution is -2.32. The van der Waals surface area contributed by atoms with Gasteiger partial charge in [0.05, 0.1) is 18.9 Å². The van der Waals surface area contributed by atoms with Gasteiger partial charge in [0, 0.05) is 17.7 Å². The Bertz CT molecular complexity index is 335. The van der Waals surface area contributed by atoms with Crippen LogP contribution in [-0.2, 0) is 19.4 Å². The predicted molar refractivity (Wildman–Crippen MR) is 67.9 cm³/mol. The average molecular weight is 240 g/mol. The molecule has 0 aliphatic rings. The summed E-state index contributed by atoms with van der Waals surface area (Å²) < 4.78 is 1.97. The van der Waals surface area contributed by atoms with E-state index in [2.05, 4.69) is 25.0 Å². The summed E-state index contributed by atoms with van der Waals surface area (Å²) in [6.07, 6.45) is 2.35. The second-order valence-corrected chi connectivity index (χ2v) is 4.64. The third-order valence-corrected chi connectivity index (χ3v) is 3.55. The van der Waals surface area contributed by atoms with Gasteiger partial charge in [-0.05, 0) is 32.3 Å². The Labute approximate surface area is 103 Å². The molecule has 0 aliphatic carbocycles. The molecule has 1 rings (SSSR count). The Balaban J connectivity index is 2.95. The van der Waals surface area contributed by atoms with E-state index in [9.17, 15) is 10.2 Å². The van der Waals surface area contributed by atoms with Gasteiger partial charge in [-0.25, -0.2) is 0 Å². The Morgan fingerprint density at radius 1 is 1.24 bits per heavy atom. The van der Waals surface area contributed by atoms with Crippen molar-refractivity contribution in [1.29, 1.82) is 0 Å². The van der Waals surface area contributed by atoms with Crippen LogP contribution in [0.15, 0.2) is 6.07 Å². The van der Waals surface area contributed by atoms with Crippen LogP contribution in [0.3, 0.4) is 0 Å². The molecule has 0 aromatic carbocycles. The predicted octanol–water partition coefficient (Wildman–Crippen LogP) is 1.39. The molecule has 4 nitrogen and oxygen atoms in total. The van der Waals surface area contributed by atoms with E-state index in [1.165, 1.54) is 0 Å². The molecule has 4 heteroatoms. The molecule has 1 heterocycles. The first-order valence-corrected chi connectivity index (χ1v) is 6.42. The van der Waals surface area contributed by atoms with Gasteiger partial charge in [0.15, 0.2) is 0 Å². The van der Waals surface area contributed by atoms with E-state index in [4.69, 9.17) is 0 Å². The van der Waals surface area contributed by atoms with Gasteiger partial charge in [-0.3, -0.25) is 4.68 Å². The van der Waals surface area contributed by atoms with Crippen molar-refractivity contribution in [2.24, 2.45) is 5.41 Å². The topological polar surface area (TPSA) is 58.3 Å². The first-order chi connectivity index (χ1) is 8.14. The lowest BCUT2D eigenvalue weighted by atomic mass is 9.82. The summed E-state index contributed by atoms with van der Waals surface area (Å²) >= 11 is 0. The van der Waals surface area contributed by atoms with Crippen molar-refractivity contribution in [2.75, 3.05) is 13.2 Å². The maximum Gasteiger partial charge on any atom is 0.0624 e. The molecule has 0 radical (unpaired) electrons. The van der Waals surface area contributed by atoms with E-state index in [0.717, 1.165) is 30.8 Å². The van der Waals surface area contributed by atoms with Crippen LogP contribution in [0.25, 0.3) is 0 Å². The number of hydrogen-bond acceptors (Lipinski definition) is 3. The zero-order valence-electron chi connectivity index (χ0n) is 11.1. The number of hydrogen-bond donors (Lipinski definition) is 2. The maximum atomic E-state index is 9.48. The molecule has 0 bridgehead atoms. The molecule has 0 saturated carbocycles. The monoisotopic (exact) mass is 240 g/mol. The summed E-state index contributed by atoms with van der Waals surface area (Å²) in [5, 5.41) is 23.4. The quantitative estimate of drug-likeness (QED) is 0.757. The van der Waals surface area contributed by atoms with Gasteiger partial charge in [0.2, 0.25) is 0 Å². The summed E-state index contributed by atoms with van der Waals surface area (Å²) in [6.45, 7) is 6.98. The van der Waals surface area contributed by atoms with Crippen LogP contribution in [0.5, 0.6) is 0 Å². The lowest BCUT2D eigenvalue weighted by molar-refractivity contribution is 0.0497. The van der Waals surface area contributed by atoms with Crippen molar-refractivity contribution in [2.45, 2.75) is 46.6 Å². The molecule has 1 aromatic rings. The van der Waals surface area contributed by atoms with Gasteiger partial charge in [0.1, 0.15) is 0 Å². The van der Waals surface area contributed by atoms with Crippen molar-refractivity contribution < 1.29 is 10.2 Å². The number of aryl methyl sites for hydroxylation is 2. The highest BCUT2D eigenvalue weighted by Crippen LogP contribution is 2.26. The highest BCUT2D eigenvalue weighted by atomic mass is 16.3. The number of aliphatic hydroxyl groups excluding tert-OH is 2. The van der Waals surface area contributed by atoms with E-state index < -0.39 is 5.41 Å². The van der Waals surface area contributed by atoms with Gasteiger partial charge in [-0.2, -0.15) is 5.10 Å². The van der Waals surface area contributed by atoms with E-state index in [1.807, 2.05) is 11.6 Å². The largest absolute Gasteiger partial charge is 0.396 e. The number of rotatable bonds is 7. The normalized spacial score (nSPS) is 12.1. The Morgan fingerprint density at radius 2 is 1.88 bits per heavy atom. The molecule has 0 atom stereocenters. The number of aliphatic hydroxyl groups is 2. The second-order valence-electron chi connectivity index (χ2n) is 4.64. The minimum absolute atomic E-state index is 0.0103. The SMILES string of the molecule is CCc1cc(CC(CC)(CO)CO)n(CC)n1. The Kier molecular flexibility index (Phi) is 5.15. The fourth-order valence-corrected chi connectivity index (χ4v) is 2.00. The third-order valence-electron chi connectivity index (χ3n) is 3.55. The minimum Gasteiger partial charge on any atom is -0.396 e. The van der Waals surface area contributed by atoms with E-state index in [0.29, 0.717) is 6.42 Å². The molecule has 2 N–H and O–H groups in total. The summed E-state index contributed by atoms with van der Waals surface area (Å²) in [7, 11) is 0. The van der Waals surface area contributed by atoms with Crippen LogP contribution in [0.4, 0.5) is 0 Å². The van der Waals surface area contributed by atoms with Crippen molar-refractivity contribution in [1.82, 2.24) is 9.78 Å². The maximum absolute atomic E-state index is 9.48. The summed E-state index contributed by atoms with van der Waals surface area (Å²) in [5.74, 6) is 0. The van der Waals surface area contributed by atoms with Crippen LogP contribution in [0, 0.1) is 5.41 Å². The van der Waals surface area contributed by atoms with E-state index >= 15 is 0 Å². The third kappa shape index (κ3) is 3.07. The van der Waals surface area contributed by atoms with Crippen LogP contribution >= 0.6 is 0 Å². The van der Waals surface area contributed by atoms with E-state index in [-0.39, 0.29) is 13.2 Å². The molecule has 1 aromatic heterocycles. The van der Waals surface area contributed by atoms with Gasteiger partial charge in [-0.15, -0.1) is 0 Å². The fourth-order valence-electron chi connectivity index (χ4n) is 2.00. The van der Waals surface area contributed by atoms with Gasteiger partial charge >= 0.3 is 0 Å². The lowest BCUT2D eigenvalue weighted by Gasteiger charge is -2.28. The Hall–Kier alpha value is -0.870. The first-order valence-electron chi connectivity index (χ1n) is 6.42. The standard InChI is InChI=1S/C13H24N2O2/c1-4-11-7-12(15(6-3)14-11)8-13(5-2,9-16)10-17/h7,16-17H,4-6,8-10H2,1-3H3. The minimum atomic E-state index is -0.419. The van der Waals surface area contributed by atoms with Crippen LogP contribution in [0.2, 0.25) is 0 Å². The molecular formula is C13H24N2O2. The van der Waals surface area contributed by atoms with Crippen molar-refractivity contribution in [3.63, 3.8) is 0 Å². The van der Waals surface area contributed by atoms with Gasteiger partial charge in [0.25, 0.3) is 0 Å². The van der Waals surface area contributed by atoms with Crippen molar-refractivity contribution >= 4 is 0 Å². The highest BCUT2D eigenvalue weighted by molar-refractivity contribution is 5.12. The van der Waals surface area contributed by atoms with Crippen molar-refractivity contribution in [3.8, 4) is 0 Å². The molecule has 0 aliphatic heterocycles. The van der Waals surface area contributed by atoms with Gasteiger partial charge < -0.3 is 10.2 Å². The second kappa shape index (κ2) is 6.17. The van der Waals surface area contributed by atoms with E-state index in [1.54, 1.807) is 0 Å². The molecule has 0 saturated heterocycles. The average Bonchev–Trinajstić information content (AvgIpc) is 2.78. The summed E-state index contributed by atoms with van der Waals surface area (Å²) in [6, 6.07) is 2.08. The molecule has 0 amide bonds. The highest BCUT2D eigenvalue weighted by Gasteiger charge is 2.28. The smallest absolute Gasteiger partial charge is 0.0624 e. The van der Waals surface area contributed by atoms with Crippen molar-refractivity contribution in [3.05, 3.63) is 17.5 Å². The zero-order chi connectivity index (χ0) is 12.9. The molecule has 17 heavy (non-hydrogen) atoms.